The number of hydrogen-bond donors (Lipinski definition) is 1. The smallest absolute Gasteiger partial charge is 0.311 e. The minimum absolute atomic E-state index is 0.157. The van der Waals surface area contributed by atoms with E-state index in [-0.39, 0.29) is 19.1 Å². The van der Waals surface area contributed by atoms with Gasteiger partial charge >= 0.3 is 5.97 Å². The van der Waals surface area contributed by atoms with Crippen molar-refractivity contribution in [3.63, 3.8) is 0 Å². The molecule has 5 nitrogen and oxygen atoms in total. The molecule has 1 fully saturated rings. The normalized spacial score (nSPS) is 21.8. The van der Waals surface area contributed by atoms with Gasteiger partial charge in [0.15, 0.2) is 0 Å². The second kappa shape index (κ2) is 5.63. The zero-order valence-electron chi connectivity index (χ0n) is 11.9. The van der Waals surface area contributed by atoms with Crippen LogP contribution >= 0.6 is 0 Å². The van der Waals surface area contributed by atoms with Gasteiger partial charge in [0.05, 0.1) is 19.3 Å². The number of amides is 1. The second-order valence-corrected chi connectivity index (χ2v) is 5.34. The topological polar surface area (TPSA) is 66.8 Å². The molecule has 0 radical (unpaired) electrons. The monoisotopic (exact) mass is 277 g/mol. The van der Waals surface area contributed by atoms with Gasteiger partial charge in [0.1, 0.15) is 5.92 Å². The number of nitrogens with zero attached hydrogens (tertiary/aromatic N) is 1. The van der Waals surface area contributed by atoms with Crippen LogP contribution in [0.15, 0.2) is 18.2 Å². The summed E-state index contributed by atoms with van der Waals surface area (Å²) in [5, 5.41) is 9.16. The maximum Gasteiger partial charge on any atom is 0.311 e. The summed E-state index contributed by atoms with van der Waals surface area (Å²) in [6.07, 6.45) is 0. The van der Waals surface area contributed by atoms with E-state index in [4.69, 9.17) is 9.84 Å². The highest BCUT2D eigenvalue weighted by molar-refractivity contribution is 5.95. The van der Waals surface area contributed by atoms with Crippen molar-refractivity contribution in [3.05, 3.63) is 34.9 Å². The Morgan fingerprint density at radius 2 is 1.80 bits per heavy atom. The summed E-state index contributed by atoms with van der Waals surface area (Å²) >= 11 is 0. The quantitative estimate of drug-likeness (QED) is 0.908. The molecule has 1 aromatic carbocycles. The van der Waals surface area contributed by atoms with Crippen molar-refractivity contribution >= 4 is 11.9 Å². The Hall–Kier alpha value is -1.88. The summed E-state index contributed by atoms with van der Waals surface area (Å²) in [7, 11) is 1.63. The van der Waals surface area contributed by atoms with Gasteiger partial charge in [0.2, 0.25) is 0 Å². The zero-order valence-corrected chi connectivity index (χ0v) is 11.9. The molecule has 1 aliphatic heterocycles. The fourth-order valence-electron chi connectivity index (χ4n) is 2.61. The van der Waals surface area contributed by atoms with Crippen LogP contribution in [0.1, 0.15) is 21.5 Å². The Bertz CT molecular complexity index is 520. The van der Waals surface area contributed by atoms with Crippen molar-refractivity contribution in [1.82, 2.24) is 4.90 Å². The van der Waals surface area contributed by atoms with Gasteiger partial charge in [-0.3, -0.25) is 9.59 Å². The van der Waals surface area contributed by atoms with Crippen molar-refractivity contribution in [2.24, 2.45) is 5.92 Å². The van der Waals surface area contributed by atoms with Crippen LogP contribution in [0.3, 0.4) is 0 Å². The minimum Gasteiger partial charge on any atom is -0.481 e. The molecule has 2 rings (SSSR count). The molecule has 108 valence electrons. The number of likely N-dealkylation sites (N-methyl/N-ethyl adjacent to an activating group) is 1. The van der Waals surface area contributed by atoms with Gasteiger partial charge in [-0.15, -0.1) is 0 Å². The third kappa shape index (κ3) is 2.82. The molecule has 2 unspecified atom stereocenters. The number of aliphatic carboxylic acids is 1. The third-order valence-corrected chi connectivity index (χ3v) is 3.65. The SMILES string of the molecule is Cc1cc(C)cc(C(=O)N(C)C2COCC2C(=O)O)c1. The number of carboxylic acid groups (broad SMARTS) is 1. The highest BCUT2D eigenvalue weighted by atomic mass is 16.5. The van der Waals surface area contributed by atoms with Crippen LogP contribution in [0.4, 0.5) is 0 Å². The molecule has 0 aromatic heterocycles. The number of carbonyl (C=O) groups is 2. The van der Waals surface area contributed by atoms with E-state index in [2.05, 4.69) is 0 Å². The fourth-order valence-corrected chi connectivity index (χ4v) is 2.61. The molecule has 5 heteroatoms. The number of carboxylic acids is 1. The van der Waals surface area contributed by atoms with Crippen LogP contribution in [0.25, 0.3) is 0 Å². The molecule has 0 saturated carbocycles. The summed E-state index contributed by atoms with van der Waals surface area (Å²) in [4.78, 5) is 25.1. The molecule has 1 saturated heterocycles. The summed E-state index contributed by atoms with van der Waals surface area (Å²) in [6, 6.07) is 5.21. The average molecular weight is 277 g/mol. The highest BCUT2D eigenvalue weighted by Crippen LogP contribution is 2.21. The van der Waals surface area contributed by atoms with Gasteiger partial charge in [-0.05, 0) is 26.0 Å². The lowest BCUT2D eigenvalue weighted by Gasteiger charge is -2.26. The summed E-state index contributed by atoms with van der Waals surface area (Å²) in [6.45, 7) is 4.29. The van der Waals surface area contributed by atoms with E-state index in [0.717, 1.165) is 11.1 Å². The van der Waals surface area contributed by atoms with Crippen LogP contribution in [-0.2, 0) is 9.53 Å². The first-order valence-electron chi connectivity index (χ1n) is 6.56. The largest absolute Gasteiger partial charge is 0.481 e. The molecule has 1 amide bonds. The molecule has 20 heavy (non-hydrogen) atoms. The lowest BCUT2D eigenvalue weighted by atomic mass is 10.0. The second-order valence-electron chi connectivity index (χ2n) is 5.34. The zero-order chi connectivity index (χ0) is 14.9. The Balaban J connectivity index is 2.22. The van der Waals surface area contributed by atoms with Crippen molar-refractivity contribution in [1.29, 1.82) is 0 Å². The molecule has 1 aliphatic rings. The van der Waals surface area contributed by atoms with E-state index < -0.39 is 17.9 Å². The summed E-state index contributed by atoms with van der Waals surface area (Å²) in [5.74, 6) is -1.75. The first-order chi connectivity index (χ1) is 9.40. The number of ether oxygens (including phenoxy) is 1. The lowest BCUT2D eigenvalue weighted by molar-refractivity contribution is -0.142. The molecule has 0 aliphatic carbocycles. The van der Waals surface area contributed by atoms with Gasteiger partial charge in [-0.2, -0.15) is 0 Å². The Morgan fingerprint density at radius 1 is 1.20 bits per heavy atom. The number of benzene rings is 1. The van der Waals surface area contributed by atoms with E-state index in [1.807, 2.05) is 32.0 Å². The number of carbonyl (C=O) groups excluding carboxylic acids is 1. The van der Waals surface area contributed by atoms with Gasteiger partial charge in [0.25, 0.3) is 5.91 Å². The van der Waals surface area contributed by atoms with Crippen LogP contribution in [0.5, 0.6) is 0 Å². The van der Waals surface area contributed by atoms with Crippen LogP contribution < -0.4 is 0 Å². The van der Waals surface area contributed by atoms with Crippen molar-refractivity contribution in [2.75, 3.05) is 20.3 Å². The predicted molar refractivity (Wildman–Crippen MR) is 73.7 cm³/mol. The maximum absolute atomic E-state index is 12.5. The molecule has 1 aromatic rings. The van der Waals surface area contributed by atoms with Gasteiger partial charge in [-0.1, -0.05) is 17.2 Å². The Morgan fingerprint density at radius 3 is 2.35 bits per heavy atom. The molecule has 0 spiro atoms. The van der Waals surface area contributed by atoms with E-state index in [1.165, 1.54) is 4.90 Å². The van der Waals surface area contributed by atoms with Crippen molar-refractivity contribution in [3.8, 4) is 0 Å². The Kier molecular flexibility index (Phi) is 4.09. The first kappa shape index (κ1) is 14.5. The maximum atomic E-state index is 12.5. The highest BCUT2D eigenvalue weighted by Gasteiger charge is 2.38. The fraction of sp³-hybridized carbons (Fsp3) is 0.467. The Labute approximate surface area is 118 Å². The lowest BCUT2D eigenvalue weighted by Crippen LogP contribution is -2.44. The first-order valence-corrected chi connectivity index (χ1v) is 6.56. The number of aryl methyl sites for hydroxylation is 2. The van der Waals surface area contributed by atoms with Gasteiger partial charge < -0.3 is 14.7 Å². The minimum atomic E-state index is -0.924. The van der Waals surface area contributed by atoms with Crippen molar-refractivity contribution < 1.29 is 19.4 Å². The number of rotatable bonds is 3. The van der Waals surface area contributed by atoms with Gasteiger partial charge in [-0.25, -0.2) is 0 Å². The summed E-state index contributed by atoms with van der Waals surface area (Å²) < 4.78 is 5.21. The van der Waals surface area contributed by atoms with Crippen molar-refractivity contribution in [2.45, 2.75) is 19.9 Å². The molecule has 1 N–H and O–H groups in total. The summed E-state index contributed by atoms with van der Waals surface area (Å²) in [5.41, 5.74) is 2.61. The standard InChI is InChI=1S/C15H19NO4/c1-9-4-10(2)6-11(5-9)14(17)16(3)13-8-20-7-12(13)15(18)19/h4-6,12-13H,7-8H2,1-3H3,(H,18,19). The average Bonchev–Trinajstić information content (AvgIpc) is 2.85. The third-order valence-electron chi connectivity index (χ3n) is 3.65. The molecule has 0 bridgehead atoms. The van der Waals surface area contributed by atoms with E-state index in [0.29, 0.717) is 5.56 Å². The molecular formula is C15H19NO4. The van der Waals surface area contributed by atoms with Crippen LogP contribution in [0, 0.1) is 19.8 Å². The number of hydrogen-bond acceptors (Lipinski definition) is 3. The van der Waals surface area contributed by atoms with Gasteiger partial charge in [0, 0.05) is 12.6 Å². The van der Waals surface area contributed by atoms with E-state index >= 15 is 0 Å². The molecular weight excluding hydrogens is 258 g/mol. The van der Waals surface area contributed by atoms with E-state index in [1.54, 1.807) is 7.05 Å². The van der Waals surface area contributed by atoms with Crippen LogP contribution in [-0.4, -0.2) is 48.2 Å². The molecule has 2 atom stereocenters. The van der Waals surface area contributed by atoms with E-state index in [9.17, 15) is 9.59 Å². The van der Waals surface area contributed by atoms with Crippen LogP contribution in [0.2, 0.25) is 0 Å². The molecule has 1 heterocycles. The predicted octanol–water partition coefficient (Wildman–Crippen LogP) is 1.48.